The topological polar surface area (TPSA) is 107 Å². The molecule has 0 radical (unpaired) electrons. The number of likely N-dealkylation sites (tertiary alicyclic amines) is 1. The third-order valence-corrected chi connectivity index (χ3v) is 7.76. The zero-order chi connectivity index (χ0) is 32.3. The van der Waals surface area contributed by atoms with Crippen LogP contribution < -0.4 is 19.5 Å². The standard InChI is InChI=1S/C35H36FN3O6/c1-21(40)30-18-26(20-39(30)33(41)32(35(2,3)4)38-34(42)45-24-13-11-23(36)12-14-24)44-31-19-28(22-9-7-6-8-10-22)37-29-17-25(43-5)15-16-27(29)31/h6-17,19,26,30,32H,18,20H2,1-5H3,(H,38,42)/t26-,30+,32-/m1/s1. The highest BCUT2D eigenvalue weighted by Crippen LogP contribution is 2.35. The fraction of sp³-hybridized carbons (Fsp3) is 0.314. The summed E-state index contributed by atoms with van der Waals surface area (Å²) in [6.07, 6.45) is -1.10. The minimum absolute atomic E-state index is 0.127. The molecular weight excluding hydrogens is 577 g/mol. The number of benzene rings is 3. The highest BCUT2D eigenvalue weighted by atomic mass is 19.1. The van der Waals surface area contributed by atoms with Crippen molar-refractivity contribution in [3.05, 3.63) is 84.7 Å². The molecule has 0 saturated carbocycles. The lowest BCUT2D eigenvalue weighted by Gasteiger charge is -2.34. The molecule has 0 spiro atoms. The molecule has 2 heterocycles. The van der Waals surface area contributed by atoms with Gasteiger partial charge in [-0.15, -0.1) is 0 Å². The normalized spacial score (nSPS) is 17.1. The van der Waals surface area contributed by atoms with E-state index in [0.29, 0.717) is 22.7 Å². The lowest BCUT2D eigenvalue weighted by Crippen LogP contribution is -2.57. The van der Waals surface area contributed by atoms with Crippen LogP contribution in [0.15, 0.2) is 78.9 Å². The van der Waals surface area contributed by atoms with Crippen molar-refractivity contribution in [2.24, 2.45) is 5.41 Å². The SMILES string of the molecule is COc1ccc2c(O[C@@H]3C[C@@H](C(C)=O)N(C(=O)[C@@H](NC(=O)Oc4ccc(F)cc4)C(C)(C)C)C3)cc(-c3ccccc3)nc2c1. The number of aromatic nitrogens is 1. The fourth-order valence-corrected chi connectivity index (χ4v) is 5.42. The van der Waals surface area contributed by atoms with Crippen LogP contribution in [0.5, 0.6) is 17.2 Å². The first-order chi connectivity index (χ1) is 21.4. The molecule has 3 aromatic carbocycles. The summed E-state index contributed by atoms with van der Waals surface area (Å²) >= 11 is 0. The summed E-state index contributed by atoms with van der Waals surface area (Å²) in [7, 11) is 1.59. The van der Waals surface area contributed by atoms with Crippen molar-refractivity contribution in [2.75, 3.05) is 13.7 Å². The second-order valence-corrected chi connectivity index (χ2v) is 12.1. The zero-order valence-corrected chi connectivity index (χ0v) is 25.9. The van der Waals surface area contributed by atoms with Gasteiger partial charge in [0.2, 0.25) is 5.91 Å². The minimum atomic E-state index is -1.02. The van der Waals surface area contributed by atoms with Crippen LogP contribution in [0.3, 0.4) is 0 Å². The predicted octanol–water partition coefficient (Wildman–Crippen LogP) is 6.19. The molecule has 234 valence electrons. The number of halogens is 1. The Hall–Kier alpha value is -4.99. The van der Waals surface area contributed by atoms with E-state index in [-0.39, 0.29) is 24.5 Å². The number of fused-ring (bicyclic) bond motifs is 1. The van der Waals surface area contributed by atoms with Gasteiger partial charge in [0.15, 0.2) is 5.78 Å². The van der Waals surface area contributed by atoms with Crippen LogP contribution in [0, 0.1) is 11.2 Å². The highest BCUT2D eigenvalue weighted by molar-refractivity contribution is 5.93. The summed E-state index contributed by atoms with van der Waals surface area (Å²) < 4.78 is 30.6. The fourth-order valence-electron chi connectivity index (χ4n) is 5.42. The third-order valence-electron chi connectivity index (χ3n) is 7.76. The lowest BCUT2D eigenvalue weighted by molar-refractivity contribution is -0.140. The van der Waals surface area contributed by atoms with Gasteiger partial charge in [-0.2, -0.15) is 0 Å². The van der Waals surface area contributed by atoms with Crippen molar-refractivity contribution in [3.63, 3.8) is 0 Å². The minimum Gasteiger partial charge on any atom is -0.497 e. The number of rotatable bonds is 8. The number of carbonyl (C=O) groups excluding carboxylic acids is 3. The highest BCUT2D eigenvalue weighted by Gasteiger charge is 2.45. The van der Waals surface area contributed by atoms with Crippen LogP contribution >= 0.6 is 0 Å². The van der Waals surface area contributed by atoms with Crippen LogP contribution in [0.4, 0.5) is 9.18 Å². The summed E-state index contributed by atoms with van der Waals surface area (Å²) in [6, 6.07) is 20.3. The number of amides is 2. The predicted molar refractivity (Wildman–Crippen MR) is 168 cm³/mol. The van der Waals surface area contributed by atoms with Crippen LogP contribution in [-0.4, -0.2) is 59.5 Å². The Bertz CT molecular complexity index is 1700. The number of pyridine rings is 1. The first kappa shape index (κ1) is 31.4. The van der Waals surface area contributed by atoms with Gasteiger partial charge in [-0.25, -0.2) is 14.2 Å². The number of carbonyl (C=O) groups is 3. The van der Waals surface area contributed by atoms with E-state index in [0.717, 1.165) is 10.9 Å². The molecule has 3 atom stereocenters. The molecule has 4 aromatic rings. The van der Waals surface area contributed by atoms with Crippen LogP contribution in [0.25, 0.3) is 22.2 Å². The number of methoxy groups -OCH3 is 1. The van der Waals surface area contributed by atoms with E-state index in [4.69, 9.17) is 19.2 Å². The number of hydrogen-bond acceptors (Lipinski definition) is 7. The number of nitrogens with one attached hydrogen (secondary N) is 1. The Morgan fingerprint density at radius 2 is 1.67 bits per heavy atom. The smallest absolute Gasteiger partial charge is 0.413 e. The number of ketones is 1. The zero-order valence-electron chi connectivity index (χ0n) is 25.9. The Labute approximate surface area is 261 Å². The average Bonchev–Trinajstić information content (AvgIpc) is 3.44. The van der Waals surface area contributed by atoms with Crippen molar-refractivity contribution >= 4 is 28.7 Å². The van der Waals surface area contributed by atoms with Gasteiger partial charge in [0.25, 0.3) is 0 Å². The maximum absolute atomic E-state index is 14.0. The average molecular weight is 614 g/mol. The summed E-state index contributed by atoms with van der Waals surface area (Å²) in [6.45, 7) is 7.00. The first-order valence-corrected chi connectivity index (χ1v) is 14.7. The van der Waals surface area contributed by atoms with Crippen LogP contribution in [-0.2, 0) is 9.59 Å². The maximum Gasteiger partial charge on any atom is 0.413 e. The second kappa shape index (κ2) is 12.9. The summed E-state index contributed by atoms with van der Waals surface area (Å²) in [5.74, 6) is 0.254. The van der Waals surface area contributed by atoms with E-state index < -0.39 is 41.4 Å². The molecule has 1 N–H and O–H groups in total. The summed E-state index contributed by atoms with van der Waals surface area (Å²) in [5.41, 5.74) is 1.56. The summed E-state index contributed by atoms with van der Waals surface area (Å²) in [5, 5.41) is 3.42. The van der Waals surface area contributed by atoms with Gasteiger partial charge in [-0.1, -0.05) is 51.1 Å². The maximum atomic E-state index is 14.0. The van der Waals surface area contributed by atoms with Gasteiger partial charge in [0.1, 0.15) is 35.2 Å². The van der Waals surface area contributed by atoms with Gasteiger partial charge < -0.3 is 24.4 Å². The van der Waals surface area contributed by atoms with Crippen molar-refractivity contribution in [1.82, 2.24) is 15.2 Å². The van der Waals surface area contributed by atoms with Crippen molar-refractivity contribution in [1.29, 1.82) is 0 Å². The number of nitrogens with zero attached hydrogens (tertiary/aromatic N) is 2. The van der Waals surface area contributed by atoms with E-state index in [1.807, 2.05) is 75.4 Å². The number of ether oxygens (including phenoxy) is 3. The molecule has 1 saturated heterocycles. The number of hydrogen-bond donors (Lipinski definition) is 1. The molecule has 2 amide bonds. The van der Waals surface area contributed by atoms with E-state index in [2.05, 4.69) is 5.32 Å². The molecular formula is C35H36FN3O6. The van der Waals surface area contributed by atoms with E-state index in [1.54, 1.807) is 7.11 Å². The second-order valence-electron chi connectivity index (χ2n) is 12.1. The van der Waals surface area contributed by atoms with Crippen LogP contribution in [0.2, 0.25) is 0 Å². The molecule has 0 aliphatic carbocycles. The third kappa shape index (κ3) is 7.22. The van der Waals surface area contributed by atoms with Gasteiger partial charge in [0, 0.05) is 29.5 Å². The van der Waals surface area contributed by atoms with Crippen molar-refractivity contribution in [3.8, 4) is 28.5 Å². The molecule has 0 bridgehead atoms. The molecule has 1 aliphatic rings. The van der Waals surface area contributed by atoms with E-state index >= 15 is 0 Å². The first-order valence-electron chi connectivity index (χ1n) is 14.7. The molecule has 1 aromatic heterocycles. The Balaban J connectivity index is 1.40. The molecule has 9 nitrogen and oxygen atoms in total. The molecule has 1 aliphatic heterocycles. The van der Waals surface area contributed by atoms with Gasteiger partial charge >= 0.3 is 6.09 Å². The molecule has 0 unspecified atom stereocenters. The van der Waals surface area contributed by atoms with Gasteiger partial charge in [0.05, 0.1) is 30.9 Å². The molecule has 5 rings (SSSR count). The molecule has 1 fully saturated rings. The molecule has 45 heavy (non-hydrogen) atoms. The van der Waals surface area contributed by atoms with Gasteiger partial charge in [-0.05, 0) is 48.7 Å². The number of Topliss-reactive ketones (excluding diaryl/α,β-unsaturated/α-hetero) is 1. The van der Waals surface area contributed by atoms with Gasteiger partial charge in [-0.3, -0.25) is 9.59 Å². The largest absolute Gasteiger partial charge is 0.497 e. The van der Waals surface area contributed by atoms with Crippen molar-refractivity contribution < 1.29 is 33.0 Å². The molecule has 10 heteroatoms. The van der Waals surface area contributed by atoms with Crippen LogP contribution in [0.1, 0.15) is 34.1 Å². The monoisotopic (exact) mass is 613 g/mol. The van der Waals surface area contributed by atoms with E-state index in [9.17, 15) is 18.8 Å². The lowest BCUT2D eigenvalue weighted by atomic mass is 9.85. The quantitative estimate of drug-likeness (QED) is 0.253. The Morgan fingerprint density at radius 3 is 2.31 bits per heavy atom. The summed E-state index contributed by atoms with van der Waals surface area (Å²) in [4.78, 5) is 46.0. The van der Waals surface area contributed by atoms with E-state index in [1.165, 1.54) is 36.1 Å². The van der Waals surface area contributed by atoms with Crippen molar-refractivity contribution in [2.45, 2.75) is 52.3 Å². The Morgan fingerprint density at radius 1 is 0.978 bits per heavy atom. The Kier molecular flexibility index (Phi) is 9.04.